The van der Waals surface area contributed by atoms with Crippen molar-refractivity contribution in [1.82, 2.24) is 15.1 Å². The van der Waals surface area contributed by atoms with E-state index in [1.54, 1.807) is 30.3 Å². The maximum absolute atomic E-state index is 14.8. The summed E-state index contributed by atoms with van der Waals surface area (Å²) in [6.07, 6.45) is 1.93. The van der Waals surface area contributed by atoms with Crippen LogP contribution in [0.25, 0.3) is 16.6 Å². The third-order valence-electron chi connectivity index (χ3n) is 5.01. The highest BCUT2D eigenvalue weighted by Gasteiger charge is 2.28. The van der Waals surface area contributed by atoms with Gasteiger partial charge in [0.2, 0.25) is 5.95 Å². The van der Waals surface area contributed by atoms with E-state index >= 15 is 0 Å². The Kier molecular flexibility index (Phi) is 4.03. The van der Waals surface area contributed by atoms with E-state index in [0.29, 0.717) is 12.2 Å². The topological polar surface area (TPSA) is 72.9 Å². The van der Waals surface area contributed by atoms with Crippen LogP contribution in [-0.2, 0) is 5.31 Å². The van der Waals surface area contributed by atoms with Gasteiger partial charge in [0.15, 0.2) is 0 Å². The van der Waals surface area contributed by atoms with Crippen LogP contribution >= 0.6 is 0 Å². The van der Waals surface area contributed by atoms with Gasteiger partial charge in [-0.25, -0.2) is 4.68 Å². The molecule has 1 atom stereocenters. The number of nitrogens with zero attached hydrogens (tertiary/aromatic N) is 2. The van der Waals surface area contributed by atoms with E-state index in [-0.39, 0.29) is 16.5 Å². The second-order valence-electron chi connectivity index (χ2n) is 6.75. The van der Waals surface area contributed by atoms with Gasteiger partial charge in [-0.3, -0.25) is 4.79 Å². The van der Waals surface area contributed by atoms with Crippen molar-refractivity contribution in [3.05, 3.63) is 59.5 Å². The summed E-state index contributed by atoms with van der Waals surface area (Å²) in [5.74, 6) is -1.16. The Morgan fingerprint density at radius 1 is 1.27 bits per heavy atom. The lowest BCUT2D eigenvalue weighted by atomic mass is 9.60. The maximum atomic E-state index is 14.8. The highest BCUT2D eigenvalue weighted by Crippen LogP contribution is 2.29. The fourth-order valence-corrected chi connectivity index (χ4v) is 3.56. The molecule has 1 amide bonds. The molecule has 5 nitrogen and oxygen atoms in total. The SMILES string of the molecule is [B]C1(c2ccc(-n3nc4c(C(N)=O)cccc4c3F)cc2)CCCNC1. The standard InChI is InChI=1S/C19H18BFN4O/c20-19(9-2-10-23-11-19)12-5-7-13(8-6-12)25-17(21)14-3-1-4-15(18(22)26)16(14)24-25/h1,3-8,23H,2,9-11H2,(H2,22,26). The van der Waals surface area contributed by atoms with Gasteiger partial charge in [-0.15, -0.1) is 0 Å². The summed E-state index contributed by atoms with van der Waals surface area (Å²) in [4.78, 5) is 11.6. The molecule has 2 aromatic carbocycles. The van der Waals surface area contributed by atoms with Gasteiger partial charge in [0, 0.05) is 0 Å². The molecule has 1 aliphatic heterocycles. The molecule has 130 valence electrons. The summed E-state index contributed by atoms with van der Waals surface area (Å²) in [7, 11) is 6.50. The molecular formula is C19H18BFN4O. The van der Waals surface area contributed by atoms with Crippen molar-refractivity contribution >= 4 is 24.7 Å². The zero-order valence-electron chi connectivity index (χ0n) is 14.2. The molecule has 3 N–H and O–H groups in total. The maximum Gasteiger partial charge on any atom is 0.250 e. The van der Waals surface area contributed by atoms with Crippen LogP contribution in [0.4, 0.5) is 4.39 Å². The number of amides is 1. The quantitative estimate of drug-likeness (QED) is 0.712. The van der Waals surface area contributed by atoms with Crippen LogP contribution < -0.4 is 11.1 Å². The number of hydrogen-bond acceptors (Lipinski definition) is 3. The number of rotatable bonds is 3. The summed E-state index contributed by atoms with van der Waals surface area (Å²) in [6, 6.07) is 12.1. The van der Waals surface area contributed by atoms with Gasteiger partial charge in [-0.2, -0.15) is 9.49 Å². The van der Waals surface area contributed by atoms with Crippen LogP contribution in [0, 0.1) is 5.95 Å². The van der Waals surface area contributed by atoms with Crippen molar-refractivity contribution in [1.29, 1.82) is 0 Å². The van der Waals surface area contributed by atoms with Gasteiger partial charge in [0.05, 0.1) is 24.5 Å². The molecule has 1 aromatic heterocycles. The van der Waals surface area contributed by atoms with Crippen LogP contribution in [0.15, 0.2) is 42.5 Å². The zero-order valence-corrected chi connectivity index (χ0v) is 14.2. The van der Waals surface area contributed by atoms with Gasteiger partial charge in [-0.1, -0.05) is 18.2 Å². The second kappa shape index (κ2) is 6.25. The number of carbonyl (C=O) groups is 1. The summed E-state index contributed by atoms with van der Waals surface area (Å²) >= 11 is 0. The van der Waals surface area contributed by atoms with Gasteiger partial charge < -0.3 is 11.1 Å². The monoisotopic (exact) mass is 348 g/mol. The molecule has 3 aromatic rings. The van der Waals surface area contributed by atoms with Crippen LogP contribution in [-0.4, -0.2) is 36.6 Å². The Balaban J connectivity index is 1.75. The Morgan fingerprint density at radius 2 is 2.04 bits per heavy atom. The predicted octanol–water partition coefficient (Wildman–Crippen LogP) is 2.01. The number of aromatic nitrogens is 2. The van der Waals surface area contributed by atoms with Crippen LogP contribution in [0.5, 0.6) is 0 Å². The van der Waals surface area contributed by atoms with Crippen LogP contribution in [0.3, 0.4) is 0 Å². The smallest absolute Gasteiger partial charge is 0.250 e. The van der Waals surface area contributed by atoms with E-state index in [1.165, 1.54) is 4.68 Å². The summed E-state index contributed by atoms with van der Waals surface area (Å²) < 4.78 is 16.0. The number of nitrogens with two attached hydrogens (primary N) is 1. The first-order valence-electron chi connectivity index (χ1n) is 8.57. The van der Waals surface area contributed by atoms with E-state index in [1.807, 2.05) is 12.1 Å². The van der Waals surface area contributed by atoms with E-state index in [2.05, 4.69) is 10.4 Å². The minimum Gasteiger partial charge on any atom is -0.366 e. The molecule has 0 saturated carbocycles. The second-order valence-corrected chi connectivity index (χ2v) is 6.75. The number of benzene rings is 2. The van der Waals surface area contributed by atoms with Crippen molar-refractivity contribution in [3.8, 4) is 5.69 Å². The van der Waals surface area contributed by atoms with Crippen molar-refractivity contribution < 1.29 is 9.18 Å². The van der Waals surface area contributed by atoms with Gasteiger partial charge >= 0.3 is 0 Å². The molecule has 0 aliphatic carbocycles. The lowest BCUT2D eigenvalue weighted by Crippen LogP contribution is -2.43. The average molecular weight is 348 g/mol. The van der Waals surface area contributed by atoms with Crippen LogP contribution in [0.1, 0.15) is 28.8 Å². The first-order chi connectivity index (χ1) is 12.5. The number of fused-ring (bicyclic) bond motifs is 1. The third-order valence-corrected chi connectivity index (χ3v) is 5.01. The Morgan fingerprint density at radius 3 is 2.69 bits per heavy atom. The largest absolute Gasteiger partial charge is 0.366 e. The summed E-state index contributed by atoms with van der Waals surface area (Å²) in [6.45, 7) is 1.69. The molecular weight excluding hydrogens is 330 g/mol. The molecule has 1 fully saturated rings. The normalized spacial score (nSPS) is 20.3. The summed E-state index contributed by atoms with van der Waals surface area (Å²) in [5, 5.41) is 7.43. The fourth-order valence-electron chi connectivity index (χ4n) is 3.56. The molecule has 26 heavy (non-hydrogen) atoms. The third kappa shape index (κ3) is 2.68. The van der Waals surface area contributed by atoms with Crippen molar-refractivity contribution in [3.63, 3.8) is 0 Å². The number of hydrogen-bond donors (Lipinski definition) is 2. The van der Waals surface area contributed by atoms with Crippen molar-refractivity contribution in [2.75, 3.05) is 13.1 Å². The fraction of sp³-hybridized carbons (Fsp3) is 0.263. The predicted molar refractivity (Wildman–Crippen MR) is 99.1 cm³/mol. The molecule has 4 rings (SSSR count). The Bertz CT molecular complexity index is 977. The highest BCUT2D eigenvalue weighted by atomic mass is 19.1. The average Bonchev–Trinajstić information content (AvgIpc) is 2.99. The number of carbonyl (C=O) groups excluding carboxylic acids is 1. The van der Waals surface area contributed by atoms with Crippen LogP contribution in [0.2, 0.25) is 0 Å². The van der Waals surface area contributed by atoms with E-state index in [9.17, 15) is 9.18 Å². The number of piperidine rings is 1. The van der Waals surface area contributed by atoms with E-state index < -0.39 is 17.2 Å². The molecule has 7 heteroatoms. The number of halogens is 1. The number of nitrogens with one attached hydrogen (secondary N) is 1. The number of primary amides is 1. The van der Waals surface area contributed by atoms with Gasteiger partial charge in [0.1, 0.15) is 5.52 Å². The lowest BCUT2D eigenvalue weighted by molar-refractivity contribution is 0.100. The molecule has 2 heterocycles. The molecule has 0 spiro atoms. The first-order valence-corrected chi connectivity index (χ1v) is 8.57. The Hall–Kier alpha value is -2.67. The van der Waals surface area contributed by atoms with E-state index in [4.69, 9.17) is 13.6 Å². The minimum atomic E-state index is -0.634. The first kappa shape index (κ1) is 16.8. The minimum absolute atomic E-state index is 0.200. The van der Waals surface area contributed by atoms with Gasteiger partial charge in [0.25, 0.3) is 5.91 Å². The molecule has 1 aliphatic rings. The molecule has 1 saturated heterocycles. The summed E-state index contributed by atoms with van der Waals surface area (Å²) in [5.41, 5.74) is 7.39. The molecule has 2 radical (unpaired) electrons. The van der Waals surface area contributed by atoms with Gasteiger partial charge in [-0.05, 0) is 61.1 Å². The zero-order chi connectivity index (χ0) is 18.3. The molecule has 1 unspecified atom stereocenters. The Labute approximate surface area is 151 Å². The van der Waals surface area contributed by atoms with E-state index in [0.717, 1.165) is 24.9 Å². The molecule has 0 bridgehead atoms. The van der Waals surface area contributed by atoms with Crippen molar-refractivity contribution in [2.24, 2.45) is 5.73 Å². The van der Waals surface area contributed by atoms with Crippen molar-refractivity contribution in [2.45, 2.75) is 18.2 Å². The highest BCUT2D eigenvalue weighted by molar-refractivity contribution is 6.16. The lowest BCUT2D eigenvalue weighted by Gasteiger charge is -2.35.